The van der Waals surface area contributed by atoms with E-state index in [0.717, 1.165) is 70.8 Å². The van der Waals surface area contributed by atoms with Crippen molar-refractivity contribution in [1.82, 2.24) is 15.1 Å². The predicted molar refractivity (Wildman–Crippen MR) is 236 cm³/mol. The Morgan fingerprint density at radius 2 is 0.926 bits per heavy atom. The number of unbranched alkanes of at least 4 members (excludes halogenated alkanes) is 19. The summed E-state index contributed by atoms with van der Waals surface area (Å²) in [5, 5.41) is 12.1. The quantitative estimate of drug-likeness (QED) is 0.0484. The first-order valence-corrected chi connectivity index (χ1v) is 23.0. The molecule has 6 heteroatoms. The zero-order valence-electron chi connectivity index (χ0n) is 36.2. The van der Waals surface area contributed by atoms with Crippen LogP contribution in [-0.2, 0) is 4.79 Å². The highest BCUT2D eigenvalue weighted by Gasteiger charge is 2.28. The molecule has 0 saturated heterocycles. The minimum Gasteiger partial charge on any atom is -0.395 e. The zero-order chi connectivity index (χ0) is 39.6. The maximum Gasteiger partial charge on any atom is 0.324 e. The summed E-state index contributed by atoms with van der Waals surface area (Å²) >= 11 is 0. The average molecular weight is 756 g/mol. The minimum atomic E-state index is -0.245. The fraction of sp³-hybridized carbons (Fsp3) is 0.792. The van der Waals surface area contributed by atoms with Gasteiger partial charge < -0.3 is 15.3 Å². The Labute approximate surface area is 335 Å². The summed E-state index contributed by atoms with van der Waals surface area (Å²) < 4.78 is 0. The Balaban J connectivity index is 4.72. The van der Waals surface area contributed by atoms with Crippen LogP contribution in [0.1, 0.15) is 201 Å². The number of rotatable bonds is 39. The van der Waals surface area contributed by atoms with E-state index >= 15 is 0 Å². The van der Waals surface area contributed by atoms with Crippen molar-refractivity contribution in [3.05, 3.63) is 48.6 Å². The fourth-order valence-electron chi connectivity index (χ4n) is 6.86. The van der Waals surface area contributed by atoms with E-state index < -0.39 is 0 Å². The largest absolute Gasteiger partial charge is 0.395 e. The van der Waals surface area contributed by atoms with Crippen LogP contribution in [0.5, 0.6) is 0 Å². The lowest BCUT2D eigenvalue weighted by Crippen LogP contribution is -2.47. The third kappa shape index (κ3) is 34.3. The molecular weight excluding hydrogens is 667 g/mol. The number of hydrogen-bond acceptors (Lipinski definition) is 4. The van der Waals surface area contributed by atoms with Crippen molar-refractivity contribution in [3.63, 3.8) is 0 Å². The van der Waals surface area contributed by atoms with E-state index in [1.807, 2.05) is 14.0 Å². The molecule has 2 N–H and O–H groups in total. The SMILES string of the molecule is CCCCC/C=C\C/C=C\CCCCCCCCC(CCCCCCCC/C=C\C/C=C\CCCCC)C(=O)N(CCCCN(C)CCO)C(=O)NCC. The molecule has 3 amide bonds. The molecule has 0 aromatic heterocycles. The van der Waals surface area contributed by atoms with E-state index in [-0.39, 0.29) is 24.5 Å². The Kier molecular flexibility index (Phi) is 40.3. The smallest absolute Gasteiger partial charge is 0.324 e. The monoisotopic (exact) mass is 756 g/mol. The Hall–Kier alpha value is -2.18. The molecule has 54 heavy (non-hydrogen) atoms. The van der Waals surface area contributed by atoms with Crippen molar-refractivity contribution in [2.45, 2.75) is 201 Å². The van der Waals surface area contributed by atoms with Gasteiger partial charge >= 0.3 is 6.03 Å². The second-order valence-corrected chi connectivity index (χ2v) is 15.5. The summed E-state index contributed by atoms with van der Waals surface area (Å²) in [7, 11) is 2.00. The number of aliphatic hydroxyl groups is 1. The van der Waals surface area contributed by atoms with Crippen LogP contribution in [0.3, 0.4) is 0 Å². The third-order valence-corrected chi connectivity index (χ3v) is 10.3. The Bertz CT molecular complexity index is 895. The molecule has 0 unspecified atom stereocenters. The molecule has 0 fully saturated rings. The van der Waals surface area contributed by atoms with E-state index in [9.17, 15) is 14.7 Å². The molecule has 0 aliphatic rings. The average Bonchev–Trinajstić information content (AvgIpc) is 3.16. The van der Waals surface area contributed by atoms with Gasteiger partial charge in [-0.25, -0.2) is 4.79 Å². The molecule has 0 saturated carbocycles. The highest BCUT2D eigenvalue weighted by Crippen LogP contribution is 2.23. The van der Waals surface area contributed by atoms with Gasteiger partial charge in [0.15, 0.2) is 0 Å². The number of carbonyl (C=O) groups excluding carboxylic acids is 2. The van der Waals surface area contributed by atoms with E-state index in [2.05, 4.69) is 72.7 Å². The molecular formula is C48H89N3O3. The van der Waals surface area contributed by atoms with Crippen LogP contribution in [0.25, 0.3) is 0 Å². The van der Waals surface area contributed by atoms with Crippen molar-refractivity contribution < 1.29 is 14.7 Å². The summed E-state index contributed by atoms with van der Waals surface area (Å²) in [6, 6.07) is -0.245. The topological polar surface area (TPSA) is 72.9 Å². The number of nitrogens with one attached hydrogen (secondary N) is 1. The van der Waals surface area contributed by atoms with Crippen LogP contribution in [0.2, 0.25) is 0 Å². The van der Waals surface area contributed by atoms with Gasteiger partial charge in [-0.05, 0) is 110 Å². The summed E-state index contributed by atoms with van der Waals surface area (Å²) in [5.41, 5.74) is 0. The van der Waals surface area contributed by atoms with Crippen molar-refractivity contribution >= 4 is 11.9 Å². The van der Waals surface area contributed by atoms with E-state index in [4.69, 9.17) is 0 Å². The van der Waals surface area contributed by atoms with Crippen LogP contribution >= 0.6 is 0 Å². The zero-order valence-corrected chi connectivity index (χ0v) is 36.2. The first kappa shape index (κ1) is 51.8. The first-order chi connectivity index (χ1) is 26.5. The third-order valence-electron chi connectivity index (χ3n) is 10.3. The Morgan fingerprint density at radius 3 is 1.35 bits per heavy atom. The van der Waals surface area contributed by atoms with Crippen LogP contribution in [0, 0.1) is 5.92 Å². The number of carbonyl (C=O) groups is 2. The second kappa shape index (κ2) is 42.0. The van der Waals surface area contributed by atoms with Crippen LogP contribution in [-0.4, -0.2) is 66.7 Å². The van der Waals surface area contributed by atoms with Gasteiger partial charge in [-0.2, -0.15) is 0 Å². The molecule has 0 aromatic rings. The minimum absolute atomic E-state index is 0.0230. The lowest BCUT2D eigenvalue weighted by Gasteiger charge is -2.26. The molecule has 0 aliphatic carbocycles. The summed E-state index contributed by atoms with van der Waals surface area (Å²) in [6.07, 6.45) is 51.1. The number of allylic oxidation sites excluding steroid dienone is 8. The molecule has 0 heterocycles. The molecule has 314 valence electrons. The van der Waals surface area contributed by atoms with Crippen LogP contribution in [0.15, 0.2) is 48.6 Å². The number of nitrogens with zero attached hydrogens (tertiary/aromatic N) is 2. The number of hydrogen-bond donors (Lipinski definition) is 2. The van der Waals surface area contributed by atoms with Gasteiger partial charge in [0.05, 0.1) is 6.61 Å². The van der Waals surface area contributed by atoms with Gasteiger partial charge in [-0.1, -0.05) is 152 Å². The van der Waals surface area contributed by atoms with E-state index in [0.29, 0.717) is 19.6 Å². The van der Waals surface area contributed by atoms with Crippen molar-refractivity contribution in [2.75, 3.05) is 39.8 Å². The van der Waals surface area contributed by atoms with Gasteiger partial charge in [-0.15, -0.1) is 0 Å². The highest BCUT2D eigenvalue weighted by atomic mass is 16.3. The predicted octanol–water partition coefficient (Wildman–Crippen LogP) is 13.3. The highest BCUT2D eigenvalue weighted by molar-refractivity contribution is 5.95. The van der Waals surface area contributed by atoms with E-state index in [1.165, 1.54) is 120 Å². The number of likely N-dealkylation sites (N-methyl/N-ethyl adjacent to an activating group) is 1. The van der Waals surface area contributed by atoms with Crippen LogP contribution in [0.4, 0.5) is 4.79 Å². The number of aliphatic hydroxyl groups excluding tert-OH is 1. The van der Waals surface area contributed by atoms with Gasteiger partial charge in [0.2, 0.25) is 5.91 Å². The number of imide groups is 1. The molecule has 0 aliphatic heterocycles. The lowest BCUT2D eigenvalue weighted by atomic mass is 9.92. The summed E-state index contributed by atoms with van der Waals surface area (Å²) in [4.78, 5) is 30.7. The van der Waals surface area contributed by atoms with Crippen LogP contribution < -0.4 is 5.32 Å². The molecule has 0 radical (unpaired) electrons. The Morgan fingerprint density at radius 1 is 0.519 bits per heavy atom. The summed E-state index contributed by atoms with van der Waals surface area (Å²) in [5.74, 6) is -0.0591. The molecule has 0 rings (SSSR count). The normalized spacial score (nSPS) is 12.2. The van der Waals surface area contributed by atoms with Gasteiger partial charge in [0.25, 0.3) is 0 Å². The fourth-order valence-corrected chi connectivity index (χ4v) is 6.86. The lowest BCUT2D eigenvalue weighted by molar-refractivity contribution is -0.133. The standard InChI is InChI=1S/C48H89N3O3/c1-5-8-10-12-14-16-18-20-22-24-26-28-30-32-34-36-40-46(47(53)51(48(54)49-7-3)43-39-38-42-50(4)44-45-52)41-37-35-33-31-29-27-25-23-21-19-17-15-13-11-9-6-2/h14-17,20-23,46,52H,5-13,18-19,24-45H2,1-4H3,(H,49,54)/b16-14-,17-15-,22-20-,23-21-. The maximum absolute atomic E-state index is 14.0. The summed E-state index contributed by atoms with van der Waals surface area (Å²) in [6.45, 7) is 9.03. The second-order valence-electron chi connectivity index (χ2n) is 15.5. The number of urea groups is 1. The van der Waals surface area contributed by atoms with Crippen molar-refractivity contribution in [2.24, 2.45) is 5.92 Å². The van der Waals surface area contributed by atoms with Gasteiger partial charge in [-0.3, -0.25) is 9.69 Å². The molecule has 0 spiro atoms. The molecule has 0 aromatic carbocycles. The van der Waals surface area contributed by atoms with Crippen molar-refractivity contribution in [1.29, 1.82) is 0 Å². The van der Waals surface area contributed by atoms with Gasteiger partial charge in [0.1, 0.15) is 0 Å². The number of amides is 3. The maximum atomic E-state index is 14.0. The molecule has 0 atom stereocenters. The van der Waals surface area contributed by atoms with E-state index in [1.54, 1.807) is 0 Å². The molecule has 6 nitrogen and oxygen atoms in total. The molecule has 0 bridgehead atoms. The first-order valence-electron chi connectivity index (χ1n) is 23.0. The van der Waals surface area contributed by atoms with Gasteiger partial charge in [0, 0.05) is 25.6 Å². The van der Waals surface area contributed by atoms with Crippen molar-refractivity contribution in [3.8, 4) is 0 Å².